The highest BCUT2D eigenvalue weighted by Gasteiger charge is 2.39. The van der Waals surface area contributed by atoms with Gasteiger partial charge in [-0.25, -0.2) is 9.80 Å². The van der Waals surface area contributed by atoms with Crippen LogP contribution in [0.25, 0.3) is 0 Å². The molecule has 35 heavy (non-hydrogen) atoms. The molecular weight excluding hydrogens is 452 g/mol. The second-order valence-corrected chi connectivity index (χ2v) is 9.34. The second-order valence-electron chi connectivity index (χ2n) is 9.34. The van der Waals surface area contributed by atoms with Gasteiger partial charge in [-0.05, 0) is 38.2 Å². The molecule has 2 aliphatic heterocycles. The molecule has 1 amide bonds. The Morgan fingerprint density at radius 2 is 1.91 bits per heavy atom. The van der Waals surface area contributed by atoms with Crippen LogP contribution in [0.3, 0.4) is 0 Å². The van der Waals surface area contributed by atoms with Crippen LogP contribution in [0.5, 0.6) is 0 Å². The fourth-order valence-corrected chi connectivity index (χ4v) is 4.79. The van der Waals surface area contributed by atoms with Gasteiger partial charge in [0.05, 0.1) is 29.6 Å². The first-order chi connectivity index (χ1) is 16.5. The molecular formula is C25H32N4O6. The van der Waals surface area contributed by atoms with E-state index < -0.39 is 28.8 Å². The Balaban J connectivity index is 2.01. The molecule has 0 saturated carbocycles. The molecule has 2 atom stereocenters. The minimum Gasteiger partial charge on any atom is -0.466 e. The summed E-state index contributed by atoms with van der Waals surface area (Å²) in [5, 5.41) is 16.2. The number of rotatable bonds is 8. The van der Waals surface area contributed by atoms with Gasteiger partial charge >= 0.3 is 5.97 Å². The molecule has 10 nitrogen and oxygen atoms in total. The summed E-state index contributed by atoms with van der Waals surface area (Å²) in [6, 6.07) is 5.46. The number of methoxy groups -OCH3 is 1. The van der Waals surface area contributed by atoms with Crippen molar-refractivity contribution in [2.75, 3.05) is 13.7 Å². The Morgan fingerprint density at radius 3 is 2.54 bits per heavy atom. The molecule has 188 valence electrons. The van der Waals surface area contributed by atoms with E-state index in [2.05, 4.69) is 10.7 Å². The molecule has 3 rings (SSSR count). The zero-order valence-electron chi connectivity index (χ0n) is 20.7. The molecule has 0 bridgehead atoms. The van der Waals surface area contributed by atoms with Gasteiger partial charge in [0, 0.05) is 42.1 Å². The standard InChI is InChI=1S/C25H32N4O6/c1-14(2)12-20(30)19-10-7-11-28(19)27-24(31)21-15(3)26-16(4)22(25(32)35-5)23(21)17-8-6-9-18(13-17)29(33)34/h6,8-9,13-14,19,23,26H,7,10-12H2,1-5H3,(H,27,31). The molecule has 10 heteroatoms. The minimum absolute atomic E-state index is 0.0755. The molecule has 0 aromatic heterocycles. The number of Topliss-reactive ketones (excluding diaryl/α,β-unsaturated/α-hetero) is 1. The summed E-state index contributed by atoms with van der Waals surface area (Å²) in [7, 11) is 1.24. The van der Waals surface area contributed by atoms with Crippen LogP contribution in [0.2, 0.25) is 0 Å². The zero-order chi connectivity index (χ0) is 25.9. The first-order valence-corrected chi connectivity index (χ1v) is 11.7. The lowest BCUT2D eigenvalue weighted by atomic mass is 9.80. The van der Waals surface area contributed by atoms with E-state index in [1.807, 2.05) is 13.8 Å². The highest BCUT2D eigenvalue weighted by molar-refractivity contribution is 6.02. The van der Waals surface area contributed by atoms with E-state index in [9.17, 15) is 24.5 Å². The minimum atomic E-state index is -0.893. The van der Waals surface area contributed by atoms with Gasteiger partial charge in [0.25, 0.3) is 11.6 Å². The SMILES string of the molecule is COC(=O)C1=C(C)NC(C)=C(C(=O)NN2CCCC2C(=O)CC(C)C)C1c1cccc([N+](=O)[O-])c1. The smallest absolute Gasteiger partial charge is 0.336 e. The number of hydrazine groups is 1. The van der Waals surface area contributed by atoms with Crippen molar-refractivity contribution in [1.29, 1.82) is 0 Å². The van der Waals surface area contributed by atoms with Crippen molar-refractivity contribution in [1.82, 2.24) is 15.8 Å². The lowest BCUT2D eigenvalue weighted by molar-refractivity contribution is -0.384. The number of allylic oxidation sites excluding steroid dienone is 2. The fraction of sp³-hybridized carbons (Fsp3) is 0.480. The van der Waals surface area contributed by atoms with E-state index in [0.29, 0.717) is 36.3 Å². The van der Waals surface area contributed by atoms with Gasteiger partial charge < -0.3 is 10.1 Å². The molecule has 1 saturated heterocycles. The number of carbonyl (C=O) groups is 3. The Bertz CT molecular complexity index is 1110. The zero-order valence-corrected chi connectivity index (χ0v) is 20.7. The third-order valence-electron chi connectivity index (χ3n) is 6.30. The van der Waals surface area contributed by atoms with Crippen molar-refractivity contribution in [3.8, 4) is 0 Å². The number of hydrogen-bond donors (Lipinski definition) is 2. The van der Waals surface area contributed by atoms with Crippen molar-refractivity contribution >= 4 is 23.3 Å². The average Bonchev–Trinajstić information content (AvgIpc) is 3.25. The number of ketones is 1. The van der Waals surface area contributed by atoms with Crippen molar-refractivity contribution in [2.24, 2.45) is 5.92 Å². The van der Waals surface area contributed by atoms with Crippen LogP contribution in [0, 0.1) is 16.0 Å². The first-order valence-electron chi connectivity index (χ1n) is 11.7. The molecule has 2 unspecified atom stereocenters. The first kappa shape index (κ1) is 26.1. The highest BCUT2D eigenvalue weighted by Crippen LogP contribution is 2.39. The molecule has 1 aromatic carbocycles. The maximum absolute atomic E-state index is 13.7. The van der Waals surface area contributed by atoms with E-state index in [1.54, 1.807) is 24.9 Å². The molecule has 1 fully saturated rings. The highest BCUT2D eigenvalue weighted by atomic mass is 16.6. The number of nitro groups is 1. The topological polar surface area (TPSA) is 131 Å². The summed E-state index contributed by atoms with van der Waals surface area (Å²) < 4.78 is 4.99. The summed E-state index contributed by atoms with van der Waals surface area (Å²) >= 11 is 0. The van der Waals surface area contributed by atoms with Crippen LogP contribution in [-0.2, 0) is 19.1 Å². The van der Waals surface area contributed by atoms with Crippen LogP contribution in [0.4, 0.5) is 5.69 Å². The van der Waals surface area contributed by atoms with Gasteiger partial charge in [-0.15, -0.1) is 0 Å². The number of benzene rings is 1. The predicted octanol–water partition coefficient (Wildman–Crippen LogP) is 3.11. The van der Waals surface area contributed by atoms with E-state index in [-0.39, 0.29) is 28.5 Å². The summed E-state index contributed by atoms with van der Waals surface area (Å²) in [6.45, 7) is 7.88. The maximum Gasteiger partial charge on any atom is 0.336 e. The van der Waals surface area contributed by atoms with Gasteiger partial charge in [-0.2, -0.15) is 0 Å². The second kappa shape index (κ2) is 10.8. The number of esters is 1. The van der Waals surface area contributed by atoms with Crippen molar-refractivity contribution < 1.29 is 24.0 Å². The number of nitrogens with one attached hydrogen (secondary N) is 2. The quantitative estimate of drug-likeness (QED) is 0.327. The van der Waals surface area contributed by atoms with Gasteiger partial charge in [-0.3, -0.25) is 25.1 Å². The van der Waals surface area contributed by atoms with Crippen LogP contribution < -0.4 is 10.7 Å². The fourth-order valence-electron chi connectivity index (χ4n) is 4.79. The number of nitro benzene ring substituents is 1. The molecule has 2 aliphatic rings. The predicted molar refractivity (Wildman–Crippen MR) is 129 cm³/mol. The number of nitrogens with zero attached hydrogens (tertiary/aromatic N) is 2. The van der Waals surface area contributed by atoms with Gasteiger partial charge in [-0.1, -0.05) is 26.0 Å². The van der Waals surface area contributed by atoms with Gasteiger partial charge in [0.1, 0.15) is 0 Å². The van der Waals surface area contributed by atoms with Gasteiger partial charge in [0.15, 0.2) is 5.78 Å². The van der Waals surface area contributed by atoms with Gasteiger partial charge in [0.2, 0.25) is 0 Å². The summed E-state index contributed by atoms with van der Waals surface area (Å²) in [4.78, 5) is 50.1. The number of carbonyl (C=O) groups excluding carboxylic acids is 3. The number of hydrogen-bond acceptors (Lipinski definition) is 8. The summed E-state index contributed by atoms with van der Waals surface area (Å²) in [5.74, 6) is -1.73. The Hall–Kier alpha value is -3.53. The van der Waals surface area contributed by atoms with Crippen LogP contribution >= 0.6 is 0 Å². The van der Waals surface area contributed by atoms with E-state index in [0.717, 1.165) is 6.42 Å². The lowest BCUT2D eigenvalue weighted by Crippen LogP contribution is -2.50. The Labute approximate surface area is 204 Å². The molecule has 1 aromatic rings. The van der Waals surface area contributed by atoms with Crippen LogP contribution in [0.1, 0.15) is 58.4 Å². The normalized spacial score (nSPS) is 20.6. The molecule has 0 radical (unpaired) electrons. The molecule has 0 spiro atoms. The molecule has 2 N–H and O–H groups in total. The van der Waals surface area contributed by atoms with Crippen molar-refractivity contribution in [2.45, 2.75) is 58.9 Å². The monoisotopic (exact) mass is 484 g/mol. The molecule has 2 heterocycles. The largest absolute Gasteiger partial charge is 0.466 e. The lowest BCUT2D eigenvalue weighted by Gasteiger charge is -2.32. The maximum atomic E-state index is 13.7. The van der Waals surface area contributed by atoms with E-state index in [1.165, 1.54) is 25.3 Å². The van der Waals surface area contributed by atoms with Crippen LogP contribution in [0.15, 0.2) is 46.8 Å². The van der Waals surface area contributed by atoms with Crippen LogP contribution in [-0.4, -0.2) is 47.3 Å². The Morgan fingerprint density at radius 1 is 1.23 bits per heavy atom. The number of non-ortho nitro benzene ring substituents is 1. The number of dihydropyridines is 1. The third kappa shape index (κ3) is 5.59. The number of ether oxygens (including phenoxy) is 1. The van der Waals surface area contributed by atoms with Crippen molar-refractivity contribution in [3.05, 3.63) is 62.5 Å². The van der Waals surface area contributed by atoms with E-state index >= 15 is 0 Å². The average molecular weight is 485 g/mol. The van der Waals surface area contributed by atoms with Crippen molar-refractivity contribution in [3.63, 3.8) is 0 Å². The number of amides is 1. The Kier molecular flexibility index (Phi) is 8.06. The third-order valence-corrected chi connectivity index (χ3v) is 6.30. The summed E-state index contributed by atoms with van der Waals surface area (Å²) in [6.07, 6.45) is 1.85. The summed E-state index contributed by atoms with van der Waals surface area (Å²) in [5.41, 5.74) is 4.57. The van der Waals surface area contributed by atoms with E-state index in [4.69, 9.17) is 4.74 Å². The molecule has 0 aliphatic carbocycles.